The summed E-state index contributed by atoms with van der Waals surface area (Å²) < 4.78 is 25.0. The molecule has 0 spiro atoms. The number of nitrogens with zero attached hydrogens (tertiary/aromatic N) is 2. The highest BCUT2D eigenvalue weighted by Gasteiger charge is 2.25. The lowest BCUT2D eigenvalue weighted by Crippen LogP contribution is -2.40. The minimum atomic E-state index is -0.623. The Morgan fingerprint density at radius 3 is 2.72 bits per heavy atom. The Balaban J connectivity index is 1.10. The van der Waals surface area contributed by atoms with Crippen LogP contribution in [0.25, 0.3) is 17.0 Å². The first-order chi connectivity index (χ1) is 17.6. The van der Waals surface area contributed by atoms with Crippen molar-refractivity contribution < 1.29 is 23.4 Å². The first-order valence-corrected chi connectivity index (χ1v) is 12.8. The monoisotopic (exact) mass is 492 g/mol. The van der Waals surface area contributed by atoms with Crippen LogP contribution in [-0.4, -0.2) is 66.2 Å². The number of fused-ring (bicyclic) bond motifs is 1. The topological polar surface area (TPSA) is 66.2 Å². The van der Waals surface area contributed by atoms with Crippen LogP contribution in [0.3, 0.4) is 0 Å². The zero-order valence-electron chi connectivity index (χ0n) is 20.4. The number of amides is 1. The van der Waals surface area contributed by atoms with Crippen LogP contribution >= 0.6 is 0 Å². The van der Waals surface area contributed by atoms with Crippen molar-refractivity contribution in [3.8, 4) is 5.75 Å². The third-order valence-electron chi connectivity index (χ3n) is 7.24. The predicted molar refractivity (Wildman–Crippen MR) is 137 cm³/mol. The lowest BCUT2D eigenvalue weighted by Gasteiger charge is -2.33. The van der Waals surface area contributed by atoms with Crippen LogP contribution in [0.5, 0.6) is 5.75 Å². The maximum Gasteiger partial charge on any atom is 0.246 e. The number of halogens is 1. The second-order valence-electron chi connectivity index (χ2n) is 9.77. The first-order valence-electron chi connectivity index (χ1n) is 12.8. The van der Waals surface area contributed by atoms with Gasteiger partial charge in [0.15, 0.2) is 0 Å². The van der Waals surface area contributed by atoms with Gasteiger partial charge in [-0.25, -0.2) is 4.39 Å². The summed E-state index contributed by atoms with van der Waals surface area (Å²) in [7, 11) is 0. The molecule has 5 rings (SSSR count). The normalized spacial score (nSPS) is 18.3. The van der Waals surface area contributed by atoms with Gasteiger partial charge in [-0.3, -0.25) is 4.79 Å². The van der Waals surface area contributed by atoms with Crippen LogP contribution in [0.15, 0.2) is 59.2 Å². The summed E-state index contributed by atoms with van der Waals surface area (Å²) in [5, 5.41) is 11.6. The third kappa shape index (κ3) is 5.79. The molecule has 2 saturated heterocycles. The Kier molecular flexibility index (Phi) is 7.68. The Bertz CT molecular complexity index is 1210. The molecule has 2 fully saturated rings. The Morgan fingerprint density at radius 2 is 1.92 bits per heavy atom. The van der Waals surface area contributed by atoms with Gasteiger partial charge in [0.2, 0.25) is 5.91 Å². The summed E-state index contributed by atoms with van der Waals surface area (Å²) in [4.78, 5) is 16.4. The lowest BCUT2D eigenvalue weighted by molar-refractivity contribution is -0.124. The fraction of sp³-hybridized carbons (Fsp3) is 0.414. The molecule has 7 heteroatoms. The number of piperidine rings is 1. The Morgan fingerprint density at radius 1 is 1.14 bits per heavy atom. The average molecular weight is 493 g/mol. The van der Waals surface area contributed by atoms with Gasteiger partial charge in [0.25, 0.3) is 0 Å². The number of β-amino-alcohol motifs (C(OH)–C–C–N with tert-alkyl or cyclic N) is 1. The zero-order valence-corrected chi connectivity index (χ0v) is 20.4. The summed E-state index contributed by atoms with van der Waals surface area (Å²) >= 11 is 0. The fourth-order valence-electron chi connectivity index (χ4n) is 5.26. The average Bonchev–Trinajstić information content (AvgIpc) is 3.57. The fourth-order valence-corrected chi connectivity index (χ4v) is 5.26. The van der Waals surface area contributed by atoms with Gasteiger partial charge >= 0.3 is 0 Å². The molecular formula is C29H33FN2O4. The molecule has 2 aliphatic heterocycles. The molecule has 2 aliphatic rings. The van der Waals surface area contributed by atoms with Crippen LogP contribution in [-0.2, 0) is 4.79 Å². The summed E-state index contributed by atoms with van der Waals surface area (Å²) in [6.45, 7) is 4.10. The second-order valence-corrected chi connectivity index (χ2v) is 9.77. The Hall–Kier alpha value is -3.16. The number of aliphatic hydroxyl groups excluding tert-OH is 1. The molecule has 0 bridgehead atoms. The summed E-state index contributed by atoms with van der Waals surface area (Å²) in [5.41, 5.74) is 2.56. The van der Waals surface area contributed by atoms with Gasteiger partial charge in [-0.2, -0.15) is 0 Å². The molecule has 1 N–H and O–H groups in total. The standard InChI is InChI=1S/C29H33FN2O4/c30-23-8-9-25-26(20-36-28(25)17-23)21-11-15-31(16-12-21)18-24(33)19-35-27-6-2-1-5-22(27)7-10-29(34)32-13-3-4-14-32/h1-2,5-10,17,20-21,24,33H,3-4,11-16,18-19H2. The van der Waals surface area contributed by atoms with E-state index in [0.29, 0.717) is 23.8 Å². The highest BCUT2D eigenvalue weighted by molar-refractivity contribution is 5.92. The second kappa shape index (κ2) is 11.3. The van der Waals surface area contributed by atoms with E-state index in [0.717, 1.165) is 68.4 Å². The molecule has 0 radical (unpaired) electrons. The van der Waals surface area contributed by atoms with E-state index < -0.39 is 6.10 Å². The summed E-state index contributed by atoms with van der Waals surface area (Å²) in [6.07, 6.45) is 8.58. The molecule has 1 aromatic heterocycles. The number of ether oxygens (including phenoxy) is 1. The smallest absolute Gasteiger partial charge is 0.246 e. The number of para-hydroxylation sites is 1. The van der Waals surface area contributed by atoms with Gasteiger partial charge in [-0.1, -0.05) is 18.2 Å². The zero-order chi connectivity index (χ0) is 24.9. The molecule has 1 atom stereocenters. The molecule has 3 aromatic rings. The molecule has 0 saturated carbocycles. The van der Waals surface area contributed by atoms with E-state index in [1.165, 1.54) is 12.1 Å². The number of furan rings is 1. The van der Waals surface area contributed by atoms with E-state index >= 15 is 0 Å². The molecule has 36 heavy (non-hydrogen) atoms. The van der Waals surface area contributed by atoms with Gasteiger partial charge in [0.05, 0.1) is 6.26 Å². The van der Waals surface area contributed by atoms with Gasteiger partial charge in [0.1, 0.15) is 29.9 Å². The molecule has 1 amide bonds. The van der Waals surface area contributed by atoms with Crippen molar-refractivity contribution in [1.82, 2.24) is 9.80 Å². The van der Waals surface area contributed by atoms with E-state index in [9.17, 15) is 14.3 Å². The van der Waals surface area contributed by atoms with Gasteiger partial charge < -0.3 is 24.1 Å². The maximum absolute atomic E-state index is 13.5. The number of aliphatic hydroxyl groups is 1. The van der Waals surface area contributed by atoms with Crippen molar-refractivity contribution in [2.24, 2.45) is 0 Å². The Labute approximate surface area is 210 Å². The highest BCUT2D eigenvalue weighted by Crippen LogP contribution is 2.34. The van der Waals surface area contributed by atoms with Crippen molar-refractivity contribution >= 4 is 23.0 Å². The highest BCUT2D eigenvalue weighted by atomic mass is 19.1. The number of carbonyl (C=O) groups excluding carboxylic acids is 1. The third-order valence-corrected chi connectivity index (χ3v) is 7.24. The predicted octanol–water partition coefficient (Wildman–Crippen LogP) is 4.83. The van der Waals surface area contributed by atoms with Crippen LogP contribution in [0, 0.1) is 5.82 Å². The van der Waals surface area contributed by atoms with E-state index in [1.807, 2.05) is 29.2 Å². The number of likely N-dealkylation sites (tertiary alicyclic amines) is 2. The van der Waals surface area contributed by atoms with Gasteiger partial charge in [0, 0.05) is 48.3 Å². The summed E-state index contributed by atoms with van der Waals surface area (Å²) in [5.74, 6) is 0.761. The van der Waals surface area contributed by atoms with Crippen LogP contribution in [0.2, 0.25) is 0 Å². The quantitative estimate of drug-likeness (QED) is 0.457. The molecule has 3 heterocycles. The first kappa shape index (κ1) is 24.5. The van der Waals surface area contributed by atoms with Crippen molar-refractivity contribution in [3.63, 3.8) is 0 Å². The lowest BCUT2D eigenvalue weighted by atomic mass is 9.89. The van der Waals surface area contributed by atoms with E-state index in [2.05, 4.69) is 4.90 Å². The van der Waals surface area contributed by atoms with Crippen molar-refractivity contribution in [2.45, 2.75) is 37.7 Å². The number of carbonyl (C=O) groups is 1. The molecule has 190 valence electrons. The number of hydrogen-bond acceptors (Lipinski definition) is 5. The number of hydrogen-bond donors (Lipinski definition) is 1. The van der Waals surface area contributed by atoms with Crippen LogP contribution < -0.4 is 4.74 Å². The molecule has 0 aliphatic carbocycles. The van der Waals surface area contributed by atoms with Crippen LogP contribution in [0.4, 0.5) is 4.39 Å². The van der Waals surface area contributed by atoms with Gasteiger partial charge in [-0.05, 0) is 69.0 Å². The maximum atomic E-state index is 13.5. The van der Waals surface area contributed by atoms with Crippen LogP contribution in [0.1, 0.15) is 42.7 Å². The van der Waals surface area contributed by atoms with E-state index in [-0.39, 0.29) is 18.3 Å². The van der Waals surface area contributed by atoms with E-state index in [1.54, 1.807) is 24.5 Å². The number of benzene rings is 2. The van der Waals surface area contributed by atoms with Crippen molar-refractivity contribution in [1.29, 1.82) is 0 Å². The summed E-state index contributed by atoms with van der Waals surface area (Å²) in [6, 6.07) is 12.3. The van der Waals surface area contributed by atoms with Crippen molar-refractivity contribution in [2.75, 3.05) is 39.3 Å². The number of rotatable bonds is 8. The molecule has 6 nitrogen and oxygen atoms in total. The van der Waals surface area contributed by atoms with E-state index in [4.69, 9.17) is 9.15 Å². The van der Waals surface area contributed by atoms with Gasteiger partial charge in [-0.15, -0.1) is 0 Å². The van der Waals surface area contributed by atoms with Crippen molar-refractivity contribution in [3.05, 3.63) is 71.7 Å². The minimum absolute atomic E-state index is 0.0290. The SMILES string of the molecule is O=C(C=Cc1ccccc1OCC(O)CN1CCC(c2coc3cc(F)ccc23)CC1)N1CCCC1. The molecule has 1 unspecified atom stereocenters. The molecular weight excluding hydrogens is 459 g/mol. The largest absolute Gasteiger partial charge is 0.490 e. The molecule has 2 aromatic carbocycles. The minimum Gasteiger partial charge on any atom is -0.490 e.